The summed E-state index contributed by atoms with van der Waals surface area (Å²) in [5, 5.41) is 0. The van der Waals surface area contributed by atoms with Crippen LogP contribution < -0.4 is 4.90 Å². The molecule has 0 aliphatic carbocycles. The van der Waals surface area contributed by atoms with Crippen molar-refractivity contribution in [2.24, 2.45) is 0 Å². The number of nitrogens with zero attached hydrogens (tertiary/aromatic N) is 2. The molecule has 16 heavy (non-hydrogen) atoms. The highest BCUT2D eigenvalue weighted by Gasteiger charge is 2.25. The van der Waals surface area contributed by atoms with Gasteiger partial charge in [0.15, 0.2) is 0 Å². The lowest BCUT2D eigenvalue weighted by molar-refractivity contribution is 0.411. The molecule has 0 aromatic carbocycles. The van der Waals surface area contributed by atoms with E-state index in [9.17, 15) is 0 Å². The van der Waals surface area contributed by atoms with Gasteiger partial charge in [0, 0.05) is 22.8 Å². The molecule has 0 spiro atoms. The van der Waals surface area contributed by atoms with Crippen LogP contribution >= 0.6 is 15.9 Å². The maximum Gasteiger partial charge on any atom is 0.129 e. The van der Waals surface area contributed by atoms with Crippen molar-refractivity contribution < 1.29 is 0 Å². The number of hydrogen-bond acceptors (Lipinski definition) is 2. The second-order valence-electron chi connectivity index (χ2n) is 4.83. The Morgan fingerprint density at radius 1 is 1.31 bits per heavy atom. The minimum Gasteiger partial charge on any atom is -0.351 e. The molecular weight excluding hydrogens is 264 g/mol. The van der Waals surface area contributed by atoms with E-state index in [1.807, 2.05) is 6.20 Å². The van der Waals surface area contributed by atoms with Crippen molar-refractivity contribution in [3.63, 3.8) is 0 Å². The predicted molar refractivity (Wildman–Crippen MR) is 71.9 cm³/mol. The summed E-state index contributed by atoms with van der Waals surface area (Å²) in [5.41, 5.74) is 1.26. The van der Waals surface area contributed by atoms with Gasteiger partial charge in [-0.25, -0.2) is 4.98 Å². The zero-order valence-corrected chi connectivity index (χ0v) is 11.8. The third-order valence-electron chi connectivity index (χ3n) is 3.49. The topological polar surface area (TPSA) is 16.1 Å². The fourth-order valence-corrected chi connectivity index (χ4v) is 2.76. The summed E-state index contributed by atoms with van der Waals surface area (Å²) < 4.78 is 1.09. The molecule has 0 N–H and O–H groups in total. The van der Waals surface area contributed by atoms with E-state index in [4.69, 9.17) is 0 Å². The van der Waals surface area contributed by atoms with E-state index in [1.54, 1.807) is 0 Å². The molecule has 1 fully saturated rings. The molecule has 1 aromatic heterocycles. The Morgan fingerprint density at radius 2 is 1.94 bits per heavy atom. The van der Waals surface area contributed by atoms with Gasteiger partial charge in [0.25, 0.3) is 0 Å². The summed E-state index contributed by atoms with van der Waals surface area (Å²) in [7, 11) is 0. The monoisotopic (exact) mass is 282 g/mol. The Hall–Kier alpha value is -0.570. The van der Waals surface area contributed by atoms with Gasteiger partial charge in [-0.3, -0.25) is 0 Å². The second-order valence-corrected chi connectivity index (χ2v) is 5.68. The minimum absolute atomic E-state index is 0.608. The second kappa shape index (κ2) is 4.74. The van der Waals surface area contributed by atoms with E-state index < -0.39 is 0 Å². The van der Waals surface area contributed by atoms with Crippen LogP contribution in [0.4, 0.5) is 5.82 Å². The van der Waals surface area contributed by atoms with Crippen molar-refractivity contribution in [3.8, 4) is 0 Å². The van der Waals surface area contributed by atoms with Crippen LogP contribution in [0.25, 0.3) is 0 Å². The number of pyridine rings is 1. The smallest absolute Gasteiger partial charge is 0.129 e. The molecular formula is C13H19BrN2. The lowest BCUT2D eigenvalue weighted by Gasteiger charge is -2.40. The molecule has 1 aromatic rings. The van der Waals surface area contributed by atoms with Crippen molar-refractivity contribution >= 4 is 21.7 Å². The first-order valence-corrected chi connectivity index (χ1v) is 6.79. The largest absolute Gasteiger partial charge is 0.351 e. The molecule has 1 saturated heterocycles. The van der Waals surface area contributed by atoms with Crippen LogP contribution in [0, 0.1) is 6.92 Å². The Bertz CT molecular complexity index is 368. The van der Waals surface area contributed by atoms with Gasteiger partial charge in [-0.15, -0.1) is 0 Å². The number of hydrogen-bond donors (Lipinski definition) is 0. The van der Waals surface area contributed by atoms with Crippen molar-refractivity contribution in [1.29, 1.82) is 0 Å². The van der Waals surface area contributed by atoms with Crippen LogP contribution in [0.3, 0.4) is 0 Å². The number of aryl methyl sites for hydroxylation is 1. The summed E-state index contributed by atoms with van der Waals surface area (Å²) in [6, 6.07) is 3.40. The van der Waals surface area contributed by atoms with E-state index in [-0.39, 0.29) is 0 Å². The van der Waals surface area contributed by atoms with Gasteiger partial charge in [-0.1, -0.05) is 0 Å². The average molecular weight is 283 g/mol. The van der Waals surface area contributed by atoms with Crippen LogP contribution in [0.1, 0.15) is 38.7 Å². The standard InChI is InChI=1S/C13H19BrN2/c1-9-7-13(15-8-12(9)14)16-10(2)5-4-6-11(16)3/h7-8,10-11H,4-6H2,1-3H3. The molecule has 2 unspecified atom stereocenters. The van der Waals surface area contributed by atoms with Gasteiger partial charge in [-0.2, -0.15) is 0 Å². The number of piperidine rings is 1. The summed E-state index contributed by atoms with van der Waals surface area (Å²) in [6.45, 7) is 6.72. The Labute approximate surface area is 106 Å². The summed E-state index contributed by atoms with van der Waals surface area (Å²) >= 11 is 3.50. The quantitative estimate of drug-likeness (QED) is 0.776. The van der Waals surface area contributed by atoms with E-state index in [2.05, 4.69) is 52.7 Å². The number of anilines is 1. The predicted octanol–water partition coefficient (Wildman–Crippen LogP) is 3.92. The van der Waals surface area contributed by atoms with Crippen LogP contribution in [0.2, 0.25) is 0 Å². The molecule has 0 saturated carbocycles. The highest BCUT2D eigenvalue weighted by Crippen LogP contribution is 2.29. The third-order valence-corrected chi connectivity index (χ3v) is 4.32. The maximum atomic E-state index is 4.54. The van der Waals surface area contributed by atoms with Crippen LogP contribution in [-0.2, 0) is 0 Å². The average Bonchev–Trinajstić information content (AvgIpc) is 2.23. The molecule has 0 amide bonds. The fourth-order valence-electron chi connectivity index (χ4n) is 2.54. The van der Waals surface area contributed by atoms with E-state index in [1.165, 1.54) is 24.8 Å². The molecule has 1 aliphatic heterocycles. The Kier molecular flexibility index (Phi) is 3.53. The van der Waals surface area contributed by atoms with Gasteiger partial charge < -0.3 is 4.90 Å². The van der Waals surface area contributed by atoms with Crippen molar-refractivity contribution in [3.05, 3.63) is 22.3 Å². The van der Waals surface area contributed by atoms with Crippen LogP contribution in [-0.4, -0.2) is 17.1 Å². The molecule has 2 rings (SSSR count). The van der Waals surface area contributed by atoms with E-state index in [0.29, 0.717) is 12.1 Å². The van der Waals surface area contributed by atoms with Crippen LogP contribution in [0.5, 0.6) is 0 Å². The normalized spacial score (nSPS) is 25.9. The molecule has 3 heteroatoms. The Morgan fingerprint density at radius 3 is 2.50 bits per heavy atom. The molecule has 2 atom stereocenters. The number of aromatic nitrogens is 1. The first-order valence-electron chi connectivity index (χ1n) is 6.00. The number of rotatable bonds is 1. The van der Waals surface area contributed by atoms with Gasteiger partial charge in [0.1, 0.15) is 5.82 Å². The minimum atomic E-state index is 0.608. The van der Waals surface area contributed by atoms with Gasteiger partial charge in [0.05, 0.1) is 0 Å². The van der Waals surface area contributed by atoms with Crippen LogP contribution in [0.15, 0.2) is 16.7 Å². The van der Waals surface area contributed by atoms with E-state index in [0.717, 1.165) is 10.3 Å². The first-order chi connectivity index (χ1) is 7.59. The fraction of sp³-hybridized carbons (Fsp3) is 0.615. The number of halogens is 1. The molecule has 2 heterocycles. The molecule has 88 valence electrons. The SMILES string of the molecule is Cc1cc(N2C(C)CCCC2C)ncc1Br. The zero-order chi connectivity index (χ0) is 11.7. The molecule has 0 radical (unpaired) electrons. The summed E-state index contributed by atoms with van der Waals surface area (Å²) in [6.07, 6.45) is 5.81. The van der Waals surface area contributed by atoms with E-state index >= 15 is 0 Å². The first kappa shape index (κ1) is 11.9. The van der Waals surface area contributed by atoms with Gasteiger partial charge in [-0.05, 0) is 67.6 Å². The molecule has 0 bridgehead atoms. The lowest BCUT2D eigenvalue weighted by Crippen LogP contribution is -2.44. The van der Waals surface area contributed by atoms with Gasteiger partial charge in [0.2, 0.25) is 0 Å². The van der Waals surface area contributed by atoms with Gasteiger partial charge >= 0.3 is 0 Å². The zero-order valence-electron chi connectivity index (χ0n) is 10.2. The molecule has 1 aliphatic rings. The van der Waals surface area contributed by atoms with Crippen molar-refractivity contribution in [2.45, 2.75) is 52.1 Å². The Balaban J connectivity index is 2.30. The lowest BCUT2D eigenvalue weighted by atomic mass is 9.97. The highest BCUT2D eigenvalue weighted by molar-refractivity contribution is 9.10. The molecule has 2 nitrogen and oxygen atoms in total. The summed E-state index contributed by atoms with van der Waals surface area (Å²) in [5.74, 6) is 1.13. The summed E-state index contributed by atoms with van der Waals surface area (Å²) in [4.78, 5) is 7.00. The maximum absolute atomic E-state index is 4.54. The third kappa shape index (κ3) is 2.24. The van der Waals surface area contributed by atoms with Crippen molar-refractivity contribution in [1.82, 2.24) is 4.98 Å². The van der Waals surface area contributed by atoms with Crippen molar-refractivity contribution in [2.75, 3.05) is 4.90 Å². The highest BCUT2D eigenvalue weighted by atomic mass is 79.9.